The molecule has 6 heteroatoms. The van der Waals surface area contributed by atoms with E-state index in [2.05, 4.69) is 26.8 Å². The summed E-state index contributed by atoms with van der Waals surface area (Å²) in [6, 6.07) is 5.04. The number of rotatable bonds is 8. The van der Waals surface area contributed by atoms with E-state index in [0.717, 1.165) is 12.8 Å². The highest BCUT2D eigenvalue weighted by Crippen LogP contribution is 2.38. The van der Waals surface area contributed by atoms with Crippen molar-refractivity contribution in [1.82, 2.24) is 0 Å². The van der Waals surface area contributed by atoms with E-state index in [1.807, 2.05) is 6.08 Å². The van der Waals surface area contributed by atoms with E-state index in [-0.39, 0.29) is 17.1 Å². The fourth-order valence-corrected chi connectivity index (χ4v) is 2.67. The molecule has 2 rings (SSSR count). The summed E-state index contributed by atoms with van der Waals surface area (Å²) in [5.74, 6) is -0.313. The van der Waals surface area contributed by atoms with Crippen molar-refractivity contribution in [3.05, 3.63) is 51.9 Å². The molecule has 6 nitrogen and oxygen atoms in total. The van der Waals surface area contributed by atoms with Crippen LogP contribution >= 0.6 is 0 Å². The Hall–Kier alpha value is -3.02. The first-order valence-corrected chi connectivity index (χ1v) is 9.07. The van der Waals surface area contributed by atoms with Crippen molar-refractivity contribution in [2.24, 2.45) is 0 Å². The zero-order chi connectivity index (χ0) is 20.7. The van der Waals surface area contributed by atoms with E-state index >= 15 is 0 Å². The molecular formula is C22H26O6. The predicted molar refractivity (Wildman–Crippen MR) is 108 cm³/mol. The van der Waals surface area contributed by atoms with Crippen LogP contribution in [0.2, 0.25) is 0 Å². The maximum atomic E-state index is 12.1. The first-order chi connectivity index (χ1) is 13.3. The van der Waals surface area contributed by atoms with E-state index in [1.165, 1.54) is 25.2 Å². The van der Waals surface area contributed by atoms with E-state index in [4.69, 9.17) is 18.6 Å². The molecule has 0 bridgehead atoms. The Balaban J connectivity index is 2.33. The van der Waals surface area contributed by atoms with Crippen LogP contribution in [0.15, 0.2) is 50.7 Å². The summed E-state index contributed by atoms with van der Waals surface area (Å²) < 4.78 is 21.5. The maximum Gasteiger partial charge on any atom is 0.383 e. The van der Waals surface area contributed by atoms with Crippen LogP contribution < -0.4 is 19.8 Å². The lowest BCUT2D eigenvalue weighted by molar-refractivity contribution is -0.131. The van der Waals surface area contributed by atoms with Crippen molar-refractivity contribution in [3.8, 4) is 17.2 Å². The summed E-state index contributed by atoms with van der Waals surface area (Å²) in [5.41, 5.74) is 2.04. The lowest BCUT2D eigenvalue weighted by atomic mass is 10.1. The van der Waals surface area contributed by atoms with Crippen LogP contribution in [0.3, 0.4) is 0 Å². The van der Waals surface area contributed by atoms with E-state index < -0.39 is 11.6 Å². The van der Waals surface area contributed by atoms with Gasteiger partial charge in [0.25, 0.3) is 0 Å². The third kappa shape index (κ3) is 5.49. The van der Waals surface area contributed by atoms with E-state index in [9.17, 15) is 9.59 Å². The van der Waals surface area contributed by atoms with Crippen molar-refractivity contribution >= 4 is 16.9 Å². The zero-order valence-corrected chi connectivity index (χ0v) is 17.0. The number of benzene rings is 1. The highest BCUT2D eigenvalue weighted by molar-refractivity contribution is 5.93. The molecule has 1 aromatic carbocycles. The number of hydrogen-bond acceptors (Lipinski definition) is 6. The number of carbonyl (C=O) groups is 1. The molecule has 0 aliphatic carbocycles. The number of ether oxygens (including phenoxy) is 3. The van der Waals surface area contributed by atoms with Gasteiger partial charge in [0, 0.05) is 6.92 Å². The summed E-state index contributed by atoms with van der Waals surface area (Å²) in [5, 5.41) is 0.379. The van der Waals surface area contributed by atoms with Gasteiger partial charge in [-0.15, -0.1) is 0 Å². The number of allylic oxidation sites excluding steroid dienone is 3. The number of fused-ring (bicyclic) bond motifs is 1. The lowest BCUT2D eigenvalue weighted by Crippen LogP contribution is -2.11. The van der Waals surface area contributed by atoms with E-state index in [1.54, 1.807) is 18.2 Å². The molecular weight excluding hydrogens is 360 g/mol. The first-order valence-electron chi connectivity index (χ1n) is 9.07. The molecule has 1 aromatic heterocycles. The predicted octanol–water partition coefficient (Wildman–Crippen LogP) is 4.80. The van der Waals surface area contributed by atoms with Gasteiger partial charge in [0.15, 0.2) is 5.75 Å². The largest absolute Gasteiger partial charge is 0.489 e. The summed E-state index contributed by atoms with van der Waals surface area (Å²) in [7, 11) is 1.31. The third-order valence-corrected chi connectivity index (χ3v) is 4.02. The zero-order valence-electron chi connectivity index (χ0n) is 17.0. The van der Waals surface area contributed by atoms with E-state index in [0.29, 0.717) is 17.7 Å². The number of methoxy groups -OCH3 is 1. The molecule has 0 saturated carbocycles. The molecule has 0 spiro atoms. The Labute approximate surface area is 164 Å². The topological polar surface area (TPSA) is 75.0 Å². The molecule has 0 unspecified atom stereocenters. The number of hydrogen-bond donors (Lipinski definition) is 0. The molecule has 0 aliphatic rings. The number of esters is 1. The van der Waals surface area contributed by atoms with Gasteiger partial charge in [0.1, 0.15) is 23.3 Å². The SMILES string of the molecule is COc1c(OC(C)=O)c2c(OCC=C(C)CCC=C(C)C)cccc2oc1=O. The third-order valence-electron chi connectivity index (χ3n) is 4.02. The Morgan fingerprint density at radius 3 is 2.50 bits per heavy atom. The Kier molecular flexibility index (Phi) is 7.44. The monoisotopic (exact) mass is 386 g/mol. The average molecular weight is 386 g/mol. The highest BCUT2D eigenvalue weighted by atomic mass is 16.6. The van der Waals surface area contributed by atoms with Crippen LogP contribution in [0, 0.1) is 0 Å². The molecule has 28 heavy (non-hydrogen) atoms. The Bertz CT molecular complexity index is 961. The highest BCUT2D eigenvalue weighted by Gasteiger charge is 2.21. The second kappa shape index (κ2) is 9.78. The van der Waals surface area contributed by atoms with Crippen LogP contribution in [0.4, 0.5) is 0 Å². The van der Waals surface area contributed by atoms with Gasteiger partial charge >= 0.3 is 11.6 Å². The molecule has 0 atom stereocenters. The van der Waals surface area contributed by atoms with Crippen LogP contribution in [0.1, 0.15) is 40.5 Å². The molecule has 1 heterocycles. The van der Waals surface area contributed by atoms with Gasteiger partial charge in [-0.3, -0.25) is 4.79 Å². The van der Waals surface area contributed by atoms with Gasteiger partial charge in [0.2, 0.25) is 5.75 Å². The van der Waals surface area contributed by atoms with Gasteiger partial charge in [0.05, 0.1) is 7.11 Å². The minimum absolute atomic E-state index is 0.00103. The van der Waals surface area contributed by atoms with Crippen LogP contribution in [-0.2, 0) is 4.79 Å². The van der Waals surface area contributed by atoms with Gasteiger partial charge < -0.3 is 18.6 Å². The molecule has 0 N–H and O–H groups in total. The lowest BCUT2D eigenvalue weighted by Gasteiger charge is -2.13. The summed E-state index contributed by atoms with van der Waals surface area (Å²) in [6.07, 6.45) is 6.13. The fraction of sp³-hybridized carbons (Fsp3) is 0.364. The van der Waals surface area contributed by atoms with Crippen molar-refractivity contribution in [3.63, 3.8) is 0 Å². The summed E-state index contributed by atoms with van der Waals surface area (Å²) in [4.78, 5) is 23.6. The molecule has 2 aromatic rings. The smallest absolute Gasteiger partial charge is 0.383 e. The van der Waals surface area contributed by atoms with Gasteiger partial charge in [-0.2, -0.15) is 0 Å². The second-order valence-electron chi connectivity index (χ2n) is 6.66. The van der Waals surface area contributed by atoms with Crippen molar-refractivity contribution < 1.29 is 23.4 Å². The van der Waals surface area contributed by atoms with Crippen molar-refractivity contribution in [2.45, 2.75) is 40.5 Å². The quantitative estimate of drug-likeness (QED) is 0.369. The fourth-order valence-electron chi connectivity index (χ4n) is 2.67. The molecule has 0 amide bonds. The molecule has 150 valence electrons. The van der Waals surface area contributed by atoms with Gasteiger partial charge in [-0.05, 0) is 51.8 Å². The Morgan fingerprint density at radius 1 is 1.11 bits per heavy atom. The average Bonchev–Trinajstić information content (AvgIpc) is 2.61. The van der Waals surface area contributed by atoms with Crippen LogP contribution in [0.25, 0.3) is 11.0 Å². The molecule has 0 aliphatic heterocycles. The normalized spacial score (nSPS) is 11.2. The maximum absolute atomic E-state index is 12.1. The number of carbonyl (C=O) groups excluding carboxylic acids is 1. The van der Waals surface area contributed by atoms with Crippen LogP contribution in [0.5, 0.6) is 17.2 Å². The Morgan fingerprint density at radius 2 is 1.86 bits per heavy atom. The molecule has 0 fully saturated rings. The minimum Gasteiger partial charge on any atom is -0.489 e. The minimum atomic E-state index is -0.724. The van der Waals surface area contributed by atoms with Gasteiger partial charge in [-0.25, -0.2) is 4.79 Å². The van der Waals surface area contributed by atoms with Crippen LogP contribution in [-0.4, -0.2) is 19.7 Å². The van der Waals surface area contributed by atoms with Gasteiger partial charge in [-0.1, -0.05) is 23.3 Å². The first kappa shape index (κ1) is 21.3. The summed E-state index contributed by atoms with van der Waals surface area (Å²) in [6.45, 7) is 7.80. The van der Waals surface area contributed by atoms with Crippen molar-refractivity contribution in [1.29, 1.82) is 0 Å². The molecule has 0 radical (unpaired) electrons. The van der Waals surface area contributed by atoms with Crippen molar-refractivity contribution in [2.75, 3.05) is 13.7 Å². The molecule has 0 saturated heterocycles. The second-order valence-corrected chi connectivity index (χ2v) is 6.66. The summed E-state index contributed by atoms with van der Waals surface area (Å²) >= 11 is 0. The standard InChI is InChI=1S/C22H26O6/c1-14(2)8-6-9-15(3)12-13-26-17-10-7-11-18-19(17)20(27-16(4)23)21(25-5)22(24)28-18/h7-8,10-12H,6,9,13H2,1-5H3.